The summed E-state index contributed by atoms with van der Waals surface area (Å²) in [5, 5.41) is 2.19. The smallest absolute Gasteiger partial charge is 0.0558 e. The Balaban J connectivity index is 2.45. The van der Waals surface area contributed by atoms with Gasteiger partial charge < -0.3 is 0 Å². The Hall–Kier alpha value is -0.0300. The minimum atomic E-state index is 0.302. The first kappa shape index (κ1) is 12.0. The van der Waals surface area contributed by atoms with Gasteiger partial charge in [-0.15, -0.1) is 11.3 Å². The van der Waals surface area contributed by atoms with Gasteiger partial charge in [-0.3, -0.25) is 11.3 Å². The largest absolute Gasteiger partial charge is 0.271 e. The molecule has 0 fully saturated rings. The van der Waals surface area contributed by atoms with E-state index in [2.05, 4.69) is 30.7 Å². The molecule has 0 amide bonds. The summed E-state index contributed by atoms with van der Waals surface area (Å²) in [4.78, 5) is 1.35. The van der Waals surface area contributed by atoms with Crippen molar-refractivity contribution in [3.05, 3.63) is 21.9 Å². The van der Waals surface area contributed by atoms with Crippen molar-refractivity contribution in [2.24, 2.45) is 5.84 Å². The summed E-state index contributed by atoms with van der Waals surface area (Å²) in [6.07, 6.45) is 1.23. The molecular weight excluding hydrogens is 212 g/mol. The van der Waals surface area contributed by atoms with E-state index in [1.807, 2.05) is 11.8 Å². The maximum absolute atomic E-state index is 5.54. The molecule has 14 heavy (non-hydrogen) atoms. The van der Waals surface area contributed by atoms with Crippen LogP contribution in [-0.2, 0) is 0 Å². The molecule has 1 aromatic heterocycles. The molecule has 0 saturated heterocycles. The predicted molar refractivity (Wildman–Crippen MR) is 66.7 cm³/mol. The molecule has 0 aliphatic heterocycles. The van der Waals surface area contributed by atoms with Crippen molar-refractivity contribution in [2.45, 2.75) is 26.3 Å². The zero-order valence-electron chi connectivity index (χ0n) is 8.75. The van der Waals surface area contributed by atoms with Gasteiger partial charge in [0.05, 0.1) is 6.04 Å². The molecule has 0 spiro atoms. The van der Waals surface area contributed by atoms with Gasteiger partial charge in [0.25, 0.3) is 0 Å². The van der Waals surface area contributed by atoms with Crippen LogP contribution in [0.15, 0.2) is 11.4 Å². The number of thiophene rings is 1. The number of hydrazine groups is 1. The Morgan fingerprint density at radius 2 is 2.43 bits per heavy atom. The zero-order chi connectivity index (χ0) is 10.4. The number of nitrogens with two attached hydrogens (primary N) is 1. The molecule has 1 atom stereocenters. The number of hydrogen-bond acceptors (Lipinski definition) is 4. The fraction of sp³-hybridized carbons (Fsp3) is 0.600. The molecule has 0 aliphatic rings. The summed E-state index contributed by atoms with van der Waals surface area (Å²) < 4.78 is 0. The van der Waals surface area contributed by atoms with E-state index >= 15 is 0 Å². The third-order valence-electron chi connectivity index (χ3n) is 1.99. The van der Waals surface area contributed by atoms with Crippen molar-refractivity contribution in [3.63, 3.8) is 0 Å². The molecule has 1 rings (SSSR count). The van der Waals surface area contributed by atoms with E-state index in [9.17, 15) is 0 Å². The van der Waals surface area contributed by atoms with Crippen LogP contribution in [0.1, 0.15) is 29.8 Å². The predicted octanol–water partition coefficient (Wildman–Crippen LogP) is 2.70. The zero-order valence-corrected chi connectivity index (χ0v) is 10.4. The van der Waals surface area contributed by atoms with Gasteiger partial charge in [0.2, 0.25) is 0 Å². The first-order valence-corrected chi connectivity index (χ1v) is 6.90. The van der Waals surface area contributed by atoms with E-state index in [1.165, 1.54) is 22.6 Å². The van der Waals surface area contributed by atoms with Crippen molar-refractivity contribution in [1.29, 1.82) is 0 Å². The van der Waals surface area contributed by atoms with Gasteiger partial charge >= 0.3 is 0 Å². The van der Waals surface area contributed by atoms with Crippen LogP contribution in [0, 0.1) is 6.92 Å². The summed E-state index contributed by atoms with van der Waals surface area (Å²) in [7, 11) is 0. The van der Waals surface area contributed by atoms with Crippen LogP contribution in [0.3, 0.4) is 0 Å². The Bertz CT molecular complexity index is 260. The SMILES string of the molecule is CCCSCC(NN)c1csc(C)c1. The van der Waals surface area contributed by atoms with E-state index in [-0.39, 0.29) is 0 Å². The fourth-order valence-electron chi connectivity index (χ4n) is 1.23. The van der Waals surface area contributed by atoms with Crippen molar-refractivity contribution in [3.8, 4) is 0 Å². The lowest BCUT2D eigenvalue weighted by Gasteiger charge is -2.13. The Labute approximate surface area is 94.2 Å². The molecule has 1 unspecified atom stereocenters. The number of rotatable bonds is 6. The molecular formula is C10H18N2S2. The molecule has 4 heteroatoms. The van der Waals surface area contributed by atoms with E-state index in [0.29, 0.717) is 6.04 Å². The lowest BCUT2D eigenvalue weighted by Crippen LogP contribution is -2.29. The quantitative estimate of drug-likeness (QED) is 0.448. The summed E-state index contributed by atoms with van der Waals surface area (Å²) in [6.45, 7) is 4.33. The average Bonchev–Trinajstić information content (AvgIpc) is 2.60. The number of thioether (sulfide) groups is 1. The van der Waals surface area contributed by atoms with Crippen molar-refractivity contribution in [1.82, 2.24) is 5.43 Å². The third-order valence-corrected chi connectivity index (χ3v) is 4.13. The molecule has 1 aromatic rings. The van der Waals surface area contributed by atoms with Gasteiger partial charge in [-0.2, -0.15) is 11.8 Å². The van der Waals surface area contributed by atoms with Crippen LogP contribution in [0.4, 0.5) is 0 Å². The van der Waals surface area contributed by atoms with Crippen molar-refractivity contribution >= 4 is 23.1 Å². The van der Waals surface area contributed by atoms with Gasteiger partial charge in [0.1, 0.15) is 0 Å². The molecule has 0 aromatic carbocycles. The van der Waals surface area contributed by atoms with Gasteiger partial charge in [-0.05, 0) is 36.1 Å². The summed E-state index contributed by atoms with van der Waals surface area (Å²) in [6, 6.07) is 2.51. The molecule has 2 nitrogen and oxygen atoms in total. The van der Waals surface area contributed by atoms with Gasteiger partial charge in [-0.25, -0.2) is 0 Å². The molecule has 0 aliphatic carbocycles. The standard InChI is InChI=1S/C10H18N2S2/c1-3-4-13-7-10(12-11)9-5-8(2)14-6-9/h5-6,10,12H,3-4,7,11H2,1-2H3. The Kier molecular flexibility index (Phi) is 5.55. The second-order valence-corrected chi connectivity index (χ2v) is 5.55. The fourth-order valence-corrected chi connectivity index (χ4v) is 2.97. The van der Waals surface area contributed by atoms with Gasteiger partial charge in [0, 0.05) is 10.6 Å². The molecule has 1 heterocycles. The van der Waals surface area contributed by atoms with E-state index in [4.69, 9.17) is 5.84 Å². The first-order valence-electron chi connectivity index (χ1n) is 4.86. The minimum absolute atomic E-state index is 0.302. The van der Waals surface area contributed by atoms with Gasteiger partial charge in [-0.1, -0.05) is 6.92 Å². The summed E-state index contributed by atoms with van der Waals surface area (Å²) in [5.74, 6) is 7.80. The molecule has 0 radical (unpaired) electrons. The van der Waals surface area contributed by atoms with Crippen LogP contribution in [0.5, 0.6) is 0 Å². The summed E-state index contributed by atoms with van der Waals surface area (Å²) >= 11 is 3.73. The highest BCUT2D eigenvalue weighted by Crippen LogP contribution is 2.23. The van der Waals surface area contributed by atoms with Crippen LogP contribution in [0.2, 0.25) is 0 Å². The Morgan fingerprint density at radius 1 is 1.64 bits per heavy atom. The molecule has 0 saturated carbocycles. The minimum Gasteiger partial charge on any atom is -0.271 e. The Morgan fingerprint density at radius 3 is 2.93 bits per heavy atom. The number of aryl methyl sites for hydroxylation is 1. The van der Waals surface area contributed by atoms with Gasteiger partial charge in [0.15, 0.2) is 0 Å². The lowest BCUT2D eigenvalue weighted by atomic mass is 10.2. The molecule has 3 N–H and O–H groups in total. The van der Waals surface area contributed by atoms with Crippen LogP contribution in [0.25, 0.3) is 0 Å². The maximum Gasteiger partial charge on any atom is 0.0558 e. The second-order valence-electron chi connectivity index (χ2n) is 3.28. The second kappa shape index (κ2) is 6.45. The van der Waals surface area contributed by atoms with Crippen molar-refractivity contribution in [2.75, 3.05) is 11.5 Å². The highest BCUT2D eigenvalue weighted by molar-refractivity contribution is 7.99. The topological polar surface area (TPSA) is 38.0 Å². The van der Waals surface area contributed by atoms with E-state index in [0.717, 1.165) is 5.75 Å². The third kappa shape index (κ3) is 3.61. The normalized spacial score (nSPS) is 13.1. The van der Waals surface area contributed by atoms with E-state index in [1.54, 1.807) is 11.3 Å². The van der Waals surface area contributed by atoms with Crippen LogP contribution >= 0.6 is 23.1 Å². The molecule has 80 valence electrons. The van der Waals surface area contributed by atoms with Crippen molar-refractivity contribution < 1.29 is 0 Å². The monoisotopic (exact) mass is 230 g/mol. The first-order chi connectivity index (χ1) is 6.77. The maximum atomic E-state index is 5.54. The van der Waals surface area contributed by atoms with Crippen LogP contribution < -0.4 is 11.3 Å². The number of hydrogen-bond donors (Lipinski definition) is 2. The molecule has 0 bridgehead atoms. The number of nitrogens with one attached hydrogen (secondary N) is 1. The summed E-state index contributed by atoms with van der Waals surface area (Å²) in [5.41, 5.74) is 4.19. The highest BCUT2D eigenvalue weighted by atomic mass is 32.2. The average molecular weight is 230 g/mol. The lowest BCUT2D eigenvalue weighted by molar-refractivity contribution is 0.612. The highest BCUT2D eigenvalue weighted by Gasteiger charge is 2.10. The van der Waals surface area contributed by atoms with E-state index < -0.39 is 0 Å². The van der Waals surface area contributed by atoms with Crippen LogP contribution in [-0.4, -0.2) is 11.5 Å².